The molecule has 0 radical (unpaired) electrons. The minimum absolute atomic E-state index is 0.478. The highest BCUT2D eigenvalue weighted by molar-refractivity contribution is 6.31. The van der Waals surface area contributed by atoms with Crippen LogP contribution in [-0.2, 0) is 6.42 Å². The van der Waals surface area contributed by atoms with Gasteiger partial charge in [-0.25, -0.2) is 0 Å². The van der Waals surface area contributed by atoms with Crippen LogP contribution in [0.1, 0.15) is 67.7 Å². The predicted octanol–water partition coefficient (Wildman–Crippen LogP) is 5.72. The zero-order valence-corrected chi connectivity index (χ0v) is 16.8. The van der Waals surface area contributed by atoms with E-state index in [0.717, 1.165) is 37.4 Å². The van der Waals surface area contributed by atoms with Gasteiger partial charge in [-0.3, -0.25) is 4.90 Å². The number of benzene rings is 2. The first kappa shape index (κ1) is 17.7. The van der Waals surface area contributed by atoms with Crippen molar-refractivity contribution in [3.63, 3.8) is 0 Å². The predicted molar refractivity (Wildman–Crippen MR) is 111 cm³/mol. The van der Waals surface area contributed by atoms with Crippen molar-refractivity contribution in [1.82, 2.24) is 4.90 Å². The summed E-state index contributed by atoms with van der Waals surface area (Å²) >= 11 is 6.55. The van der Waals surface area contributed by atoms with Crippen molar-refractivity contribution in [2.24, 2.45) is 0 Å². The van der Waals surface area contributed by atoms with E-state index >= 15 is 0 Å². The molecule has 142 valence electrons. The van der Waals surface area contributed by atoms with Gasteiger partial charge in [0.2, 0.25) is 0 Å². The maximum Gasteiger partial charge on any atom is 0.0644 e. The fourth-order valence-electron chi connectivity index (χ4n) is 4.90. The number of halogens is 1. The Labute approximate surface area is 167 Å². The first-order chi connectivity index (χ1) is 13.0. The average Bonchev–Trinajstić information content (AvgIpc) is 3.40. The molecule has 5 rings (SSSR count). The Morgan fingerprint density at radius 1 is 0.963 bits per heavy atom. The molecule has 2 aromatic rings. The third kappa shape index (κ3) is 3.44. The molecule has 3 heteroatoms. The molecule has 1 unspecified atom stereocenters. The summed E-state index contributed by atoms with van der Waals surface area (Å²) in [4.78, 5) is 2.57. The van der Waals surface area contributed by atoms with Crippen LogP contribution in [0.2, 0.25) is 5.02 Å². The van der Waals surface area contributed by atoms with Crippen LogP contribution in [0.25, 0.3) is 11.1 Å². The smallest absolute Gasteiger partial charge is 0.0644 e. The molecular weight excluding hydrogens is 354 g/mol. The molecule has 0 amide bonds. The second kappa shape index (κ2) is 6.62. The van der Waals surface area contributed by atoms with Crippen molar-refractivity contribution >= 4 is 11.6 Å². The van der Waals surface area contributed by atoms with Gasteiger partial charge in [0, 0.05) is 24.2 Å². The van der Waals surface area contributed by atoms with Gasteiger partial charge in [0.25, 0.3) is 0 Å². The Bertz CT molecular complexity index is 861. The number of piperidine rings is 1. The molecule has 0 aromatic heterocycles. The van der Waals surface area contributed by atoms with Gasteiger partial charge in [-0.2, -0.15) is 0 Å². The number of nitrogens with zero attached hydrogens (tertiary/aromatic N) is 1. The summed E-state index contributed by atoms with van der Waals surface area (Å²) in [6.45, 7) is 3.97. The Morgan fingerprint density at radius 2 is 1.63 bits per heavy atom. The van der Waals surface area contributed by atoms with E-state index in [1.54, 1.807) is 0 Å². The standard InChI is InChI=1S/C24H28ClNO/c1-24(27)10-12-26(13-11-24)23-9-6-19-14-17(5-8-21(19)23)18-4-7-20(16-2-3-16)22(25)15-18/h4-5,7-8,14-16,23,27H,2-3,6,9-13H2,1H3. The number of hydrogen-bond acceptors (Lipinski definition) is 2. The Kier molecular flexibility index (Phi) is 4.34. The van der Waals surface area contributed by atoms with Crippen molar-refractivity contribution in [1.29, 1.82) is 0 Å². The molecule has 1 atom stereocenters. The molecule has 2 nitrogen and oxygen atoms in total. The van der Waals surface area contributed by atoms with E-state index in [1.807, 2.05) is 6.92 Å². The summed E-state index contributed by atoms with van der Waals surface area (Å²) in [5, 5.41) is 11.2. The van der Waals surface area contributed by atoms with Gasteiger partial charge in [-0.1, -0.05) is 41.9 Å². The number of rotatable bonds is 3. The third-order valence-electron chi connectivity index (χ3n) is 6.86. The van der Waals surface area contributed by atoms with Gasteiger partial charge in [0.1, 0.15) is 0 Å². The number of likely N-dealkylation sites (tertiary alicyclic amines) is 1. The van der Waals surface area contributed by atoms with Crippen LogP contribution in [0.4, 0.5) is 0 Å². The summed E-state index contributed by atoms with van der Waals surface area (Å²) in [5.74, 6) is 0.692. The van der Waals surface area contributed by atoms with Crippen LogP contribution in [0, 0.1) is 0 Å². The number of hydrogen-bond donors (Lipinski definition) is 1. The highest BCUT2D eigenvalue weighted by atomic mass is 35.5. The van der Waals surface area contributed by atoms with Crippen molar-refractivity contribution < 1.29 is 5.11 Å². The molecule has 0 spiro atoms. The molecule has 1 aliphatic heterocycles. The highest BCUT2D eigenvalue weighted by Crippen LogP contribution is 2.45. The van der Waals surface area contributed by atoms with E-state index in [4.69, 9.17) is 11.6 Å². The van der Waals surface area contributed by atoms with E-state index in [2.05, 4.69) is 41.3 Å². The topological polar surface area (TPSA) is 23.5 Å². The first-order valence-electron chi connectivity index (χ1n) is 10.4. The molecular formula is C24H28ClNO. The van der Waals surface area contributed by atoms with Crippen LogP contribution in [0.15, 0.2) is 36.4 Å². The van der Waals surface area contributed by atoms with Crippen molar-refractivity contribution in [3.8, 4) is 11.1 Å². The van der Waals surface area contributed by atoms with Crippen LogP contribution < -0.4 is 0 Å². The molecule has 2 aliphatic carbocycles. The zero-order valence-electron chi connectivity index (χ0n) is 16.0. The molecule has 1 heterocycles. The summed E-state index contributed by atoms with van der Waals surface area (Å²) in [6, 6.07) is 14.1. The SMILES string of the molecule is CC1(O)CCN(C2CCc3cc(-c4ccc(C5CC5)c(Cl)c4)ccc32)CC1. The monoisotopic (exact) mass is 381 g/mol. The van der Waals surface area contributed by atoms with E-state index in [-0.39, 0.29) is 0 Å². The number of fused-ring (bicyclic) bond motifs is 1. The lowest BCUT2D eigenvalue weighted by atomic mass is 9.92. The van der Waals surface area contributed by atoms with Crippen LogP contribution in [-0.4, -0.2) is 28.7 Å². The molecule has 0 bridgehead atoms. The number of aliphatic hydroxyl groups is 1. The molecule has 1 N–H and O–H groups in total. The van der Waals surface area contributed by atoms with Crippen molar-refractivity contribution in [3.05, 3.63) is 58.1 Å². The Balaban J connectivity index is 1.37. The van der Waals surface area contributed by atoms with Crippen molar-refractivity contribution in [2.45, 2.75) is 63.0 Å². The zero-order chi connectivity index (χ0) is 18.6. The normalized spacial score (nSPS) is 24.8. The average molecular weight is 382 g/mol. The largest absolute Gasteiger partial charge is 0.390 e. The van der Waals surface area contributed by atoms with Crippen molar-refractivity contribution in [2.75, 3.05) is 13.1 Å². The third-order valence-corrected chi connectivity index (χ3v) is 7.18. The maximum atomic E-state index is 10.2. The minimum atomic E-state index is -0.478. The van der Waals surface area contributed by atoms with Gasteiger partial charge in [-0.15, -0.1) is 0 Å². The fourth-order valence-corrected chi connectivity index (χ4v) is 5.24. The molecule has 1 saturated heterocycles. The van der Waals surface area contributed by atoms with Gasteiger partial charge < -0.3 is 5.11 Å². The van der Waals surface area contributed by atoms with E-state index in [0.29, 0.717) is 12.0 Å². The summed E-state index contributed by atoms with van der Waals surface area (Å²) in [6.07, 6.45) is 6.67. The number of aryl methyl sites for hydroxylation is 1. The summed E-state index contributed by atoms with van der Waals surface area (Å²) in [5.41, 5.74) is 6.32. The van der Waals surface area contributed by atoms with Crippen LogP contribution >= 0.6 is 11.6 Å². The minimum Gasteiger partial charge on any atom is -0.390 e. The van der Waals surface area contributed by atoms with Crippen LogP contribution in [0.3, 0.4) is 0 Å². The second-order valence-corrected chi connectivity index (χ2v) is 9.42. The first-order valence-corrected chi connectivity index (χ1v) is 10.8. The Hall–Kier alpha value is -1.35. The molecule has 2 aromatic carbocycles. The van der Waals surface area contributed by atoms with Gasteiger partial charge in [0.05, 0.1) is 5.60 Å². The lowest BCUT2D eigenvalue weighted by Crippen LogP contribution is -2.43. The van der Waals surface area contributed by atoms with Gasteiger partial charge in [-0.05, 0) is 85.3 Å². The molecule has 27 heavy (non-hydrogen) atoms. The Morgan fingerprint density at radius 3 is 2.30 bits per heavy atom. The summed E-state index contributed by atoms with van der Waals surface area (Å²) in [7, 11) is 0. The highest BCUT2D eigenvalue weighted by Gasteiger charge is 2.34. The van der Waals surface area contributed by atoms with Crippen LogP contribution in [0.5, 0.6) is 0 Å². The van der Waals surface area contributed by atoms with Gasteiger partial charge >= 0.3 is 0 Å². The molecule has 1 saturated carbocycles. The lowest BCUT2D eigenvalue weighted by molar-refractivity contribution is -0.0167. The fraction of sp³-hybridized carbons (Fsp3) is 0.500. The van der Waals surface area contributed by atoms with E-state index < -0.39 is 5.60 Å². The maximum absolute atomic E-state index is 10.2. The lowest BCUT2D eigenvalue weighted by Gasteiger charge is -2.39. The second-order valence-electron chi connectivity index (χ2n) is 9.01. The quantitative estimate of drug-likeness (QED) is 0.735. The molecule has 3 aliphatic rings. The van der Waals surface area contributed by atoms with Gasteiger partial charge in [0.15, 0.2) is 0 Å². The van der Waals surface area contributed by atoms with E-state index in [1.165, 1.54) is 47.1 Å². The molecule has 2 fully saturated rings. The summed E-state index contributed by atoms with van der Waals surface area (Å²) < 4.78 is 0. The van der Waals surface area contributed by atoms with E-state index in [9.17, 15) is 5.11 Å².